The van der Waals surface area contributed by atoms with E-state index in [1.54, 1.807) is 18.0 Å². The van der Waals surface area contributed by atoms with Gasteiger partial charge in [-0.15, -0.1) is 0 Å². The maximum absolute atomic E-state index is 13.2. The molecule has 1 aliphatic rings. The van der Waals surface area contributed by atoms with Crippen molar-refractivity contribution < 1.29 is 18.0 Å². The average molecular weight is 328 g/mol. The highest BCUT2D eigenvalue weighted by Crippen LogP contribution is 2.33. The van der Waals surface area contributed by atoms with Gasteiger partial charge in [-0.2, -0.15) is 13.2 Å². The number of alkyl halides is 3. The summed E-state index contributed by atoms with van der Waals surface area (Å²) in [5.74, 6) is -0.0803. The maximum Gasteiger partial charge on any atom is 0.416 e. The van der Waals surface area contributed by atoms with E-state index < -0.39 is 11.7 Å². The molecule has 0 heterocycles. The number of hydrogen-bond acceptors (Lipinski definition) is 2. The molecule has 0 saturated heterocycles. The largest absolute Gasteiger partial charge is 0.416 e. The molecule has 1 aromatic rings. The summed E-state index contributed by atoms with van der Waals surface area (Å²) < 4.78 is 39.5. The number of benzene rings is 1. The van der Waals surface area contributed by atoms with Gasteiger partial charge in [-0.05, 0) is 31.5 Å². The van der Waals surface area contributed by atoms with Gasteiger partial charge in [-0.25, -0.2) is 0 Å². The third-order valence-corrected chi connectivity index (χ3v) is 4.34. The fourth-order valence-electron chi connectivity index (χ4n) is 3.13. The second kappa shape index (κ2) is 7.81. The fourth-order valence-corrected chi connectivity index (χ4v) is 3.13. The Labute approximate surface area is 134 Å². The van der Waals surface area contributed by atoms with E-state index in [1.165, 1.54) is 12.1 Å². The topological polar surface area (TPSA) is 32.3 Å². The number of carbonyl (C=O) groups is 1. The van der Waals surface area contributed by atoms with Gasteiger partial charge in [0.2, 0.25) is 5.91 Å². The summed E-state index contributed by atoms with van der Waals surface area (Å²) in [4.78, 5) is 14.1. The van der Waals surface area contributed by atoms with Gasteiger partial charge in [0.25, 0.3) is 0 Å². The van der Waals surface area contributed by atoms with Crippen molar-refractivity contribution in [3.63, 3.8) is 0 Å². The van der Waals surface area contributed by atoms with Gasteiger partial charge >= 0.3 is 6.18 Å². The van der Waals surface area contributed by atoms with E-state index in [1.807, 2.05) is 0 Å². The van der Waals surface area contributed by atoms with Gasteiger partial charge in [0, 0.05) is 25.6 Å². The van der Waals surface area contributed by atoms with E-state index in [-0.39, 0.29) is 24.1 Å². The van der Waals surface area contributed by atoms with Crippen LogP contribution in [-0.4, -0.2) is 30.4 Å². The first kappa shape index (κ1) is 17.8. The molecule has 1 amide bonds. The van der Waals surface area contributed by atoms with Gasteiger partial charge < -0.3 is 10.2 Å². The molecule has 0 spiro atoms. The molecule has 1 N–H and O–H groups in total. The zero-order valence-corrected chi connectivity index (χ0v) is 13.3. The number of halogens is 3. The molecule has 0 radical (unpaired) electrons. The van der Waals surface area contributed by atoms with Crippen LogP contribution in [0.5, 0.6) is 0 Å². The van der Waals surface area contributed by atoms with Crippen LogP contribution in [-0.2, 0) is 17.5 Å². The van der Waals surface area contributed by atoms with Crippen molar-refractivity contribution in [2.75, 3.05) is 13.6 Å². The van der Waals surface area contributed by atoms with Crippen molar-refractivity contribution in [2.45, 2.75) is 50.9 Å². The monoisotopic (exact) mass is 328 g/mol. The first-order valence-corrected chi connectivity index (χ1v) is 8.02. The highest BCUT2D eigenvalue weighted by atomic mass is 19.4. The van der Waals surface area contributed by atoms with Crippen molar-refractivity contribution in [3.05, 3.63) is 35.4 Å². The maximum atomic E-state index is 13.2. The number of nitrogens with one attached hydrogen (secondary N) is 1. The molecule has 1 aliphatic carbocycles. The van der Waals surface area contributed by atoms with E-state index in [4.69, 9.17) is 0 Å². The van der Waals surface area contributed by atoms with Gasteiger partial charge in [-0.3, -0.25) is 4.79 Å². The van der Waals surface area contributed by atoms with Crippen LogP contribution in [0.4, 0.5) is 13.2 Å². The summed E-state index contributed by atoms with van der Waals surface area (Å²) >= 11 is 0. The van der Waals surface area contributed by atoms with Crippen LogP contribution in [0.2, 0.25) is 0 Å². The van der Waals surface area contributed by atoms with Crippen LogP contribution in [0.1, 0.15) is 43.2 Å². The molecular formula is C17H23F3N2O. The Morgan fingerprint density at radius 2 is 1.91 bits per heavy atom. The minimum absolute atomic E-state index is 0.0307. The molecule has 23 heavy (non-hydrogen) atoms. The van der Waals surface area contributed by atoms with Crippen molar-refractivity contribution in [2.24, 2.45) is 0 Å². The van der Waals surface area contributed by atoms with Crippen LogP contribution < -0.4 is 5.32 Å². The van der Waals surface area contributed by atoms with Gasteiger partial charge in [0.05, 0.1) is 5.56 Å². The first-order chi connectivity index (χ1) is 10.9. The Morgan fingerprint density at radius 1 is 1.26 bits per heavy atom. The molecule has 1 fully saturated rings. The smallest absolute Gasteiger partial charge is 0.335 e. The third kappa shape index (κ3) is 4.70. The Bertz CT molecular complexity index is 525. The summed E-state index contributed by atoms with van der Waals surface area (Å²) in [5, 5.41) is 2.92. The third-order valence-electron chi connectivity index (χ3n) is 4.34. The van der Waals surface area contributed by atoms with Gasteiger partial charge in [0.15, 0.2) is 0 Å². The summed E-state index contributed by atoms with van der Waals surface area (Å²) in [6, 6.07) is 5.58. The van der Waals surface area contributed by atoms with E-state index >= 15 is 0 Å². The summed E-state index contributed by atoms with van der Waals surface area (Å²) in [7, 11) is 1.76. The molecule has 0 bridgehead atoms. The molecule has 0 atom stereocenters. The highest BCUT2D eigenvalue weighted by molar-refractivity contribution is 5.76. The Hall–Kier alpha value is -1.56. The highest BCUT2D eigenvalue weighted by Gasteiger charge is 2.34. The first-order valence-electron chi connectivity index (χ1n) is 8.02. The lowest BCUT2D eigenvalue weighted by Crippen LogP contribution is -2.39. The van der Waals surface area contributed by atoms with Crippen LogP contribution in [0.3, 0.4) is 0 Å². The molecule has 128 valence electrons. The molecule has 0 unspecified atom stereocenters. The molecular weight excluding hydrogens is 305 g/mol. The number of nitrogens with zero attached hydrogens (tertiary/aromatic N) is 1. The van der Waals surface area contributed by atoms with Crippen LogP contribution in [0.25, 0.3) is 0 Å². The summed E-state index contributed by atoms with van der Waals surface area (Å²) in [6.45, 7) is 0.561. The molecule has 0 aromatic heterocycles. The fraction of sp³-hybridized carbons (Fsp3) is 0.588. The Balaban J connectivity index is 2.22. The summed E-state index contributed by atoms with van der Waals surface area (Å²) in [5.41, 5.74) is -0.478. The average Bonchev–Trinajstić information content (AvgIpc) is 3.03. The normalized spacial score (nSPS) is 15.8. The van der Waals surface area contributed by atoms with Gasteiger partial charge in [0.1, 0.15) is 0 Å². The number of hydrogen-bond donors (Lipinski definition) is 1. The molecule has 6 heteroatoms. The number of amides is 1. The lowest BCUT2D eigenvalue weighted by Gasteiger charge is -2.30. The van der Waals surface area contributed by atoms with Crippen molar-refractivity contribution in [1.29, 1.82) is 0 Å². The molecule has 2 rings (SSSR count). The SMILES string of the molecule is CNCCC(=O)N(Cc1ccccc1C(F)(F)F)C1CCCC1. The quantitative estimate of drug-likeness (QED) is 0.865. The van der Waals surface area contributed by atoms with Crippen molar-refractivity contribution in [3.8, 4) is 0 Å². The predicted octanol–water partition coefficient (Wildman–Crippen LogP) is 3.59. The minimum Gasteiger partial charge on any atom is -0.335 e. The van der Waals surface area contributed by atoms with Crippen LogP contribution in [0, 0.1) is 0 Å². The zero-order chi connectivity index (χ0) is 16.9. The zero-order valence-electron chi connectivity index (χ0n) is 13.3. The van der Waals surface area contributed by atoms with Gasteiger partial charge in [-0.1, -0.05) is 31.0 Å². The van der Waals surface area contributed by atoms with Crippen molar-refractivity contribution in [1.82, 2.24) is 10.2 Å². The number of rotatable bonds is 6. The second-order valence-electron chi connectivity index (χ2n) is 5.97. The summed E-state index contributed by atoms with van der Waals surface area (Å²) in [6.07, 6.45) is -0.283. The Morgan fingerprint density at radius 3 is 2.52 bits per heavy atom. The number of carbonyl (C=O) groups excluding carboxylic acids is 1. The van der Waals surface area contributed by atoms with Crippen molar-refractivity contribution >= 4 is 5.91 Å². The molecule has 0 aliphatic heterocycles. The van der Waals surface area contributed by atoms with Crippen LogP contribution in [0.15, 0.2) is 24.3 Å². The lowest BCUT2D eigenvalue weighted by molar-refractivity contribution is -0.140. The Kier molecular flexibility index (Phi) is 6.04. The van der Waals surface area contributed by atoms with E-state index in [0.717, 1.165) is 31.7 Å². The standard InChI is InChI=1S/C17H23F3N2O/c1-21-11-10-16(23)22(14-7-3-4-8-14)12-13-6-2-5-9-15(13)17(18,19)20/h2,5-6,9,14,21H,3-4,7-8,10-12H2,1H3. The minimum atomic E-state index is -4.40. The molecule has 1 aromatic carbocycles. The molecule has 3 nitrogen and oxygen atoms in total. The second-order valence-corrected chi connectivity index (χ2v) is 5.97. The molecule has 1 saturated carbocycles. The van der Waals surface area contributed by atoms with E-state index in [0.29, 0.717) is 13.0 Å². The predicted molar refractivity (Wildman–Crippen MR) is 82.8 cm³/mol. The van der Waals surface area contributed by atoms with E-state index in [9.17, 15) is 18.0 Å². The van der Waals surface area contributed by atoms with Crippen LogP contribution >= 0.6 is 0 Å². The lowest BCUT2D eigenvalue weighted by atomic mass is 10.0. The van der Waals surface area contributed by atoms with E-state index in [2.05, 4.69) is 5.32 Å².